The first-order valence-corrected chi connectivity index (χ1v) is 7.24. The Kier molecular flexibility index (Phi) is 8.34. The fourth-order valence-electron chi connectivity index (χ4n) is 1.55. The first kappa shape index (κ1) is 17.4. The summed E-state index contributed by atoms with van der Waals surface area (Å²) in [5, 5.41) is 0. The number of alkyl halides is 1. The fraction of sp³-hybridized carbons (Fsp3) is 0.438. The molecule has 0 radical (unpaired) electrons. The Balaban J connectivity index is 2.81. The predicted octanol–water partition coefficient (Wildman–Crippen LogP) is 2.95. The molecule has 0 aliphatic rings. The number of benzene rings is 1. The van der Waals surface area contributed by atoms with Crippen molar-refractivity contribution in [2.75, 3.05) is 26.2 Å². The number of esters is 1. The average molecular weight is 311 g/mol. The molecule has 0 bridgehead atoms. The first-order chi connectivity index (χ1) is 10.2. The lowest BCUT2D eigenvalue weighted by atomic mass is 10.1. The summed E-state index contributed by atoms with van der Waals surface area (Å²) < 4.78 is 15.6. The van der Waals surface area contributed by atoms with Crippen LogP contribution in [0.15, 0.2) is 24.3 Å². The van der Waals surface area contributed by atoms with Gasteiger partial charge in [-0.15, -0.1) is 11.6 Å². The standard InChI is InChI=1S/C16H19ClO4/c1-3-20-16(18)10-9-15(21-12-4-11-17)13-5-7-14(19-2)8-6-13/h5-8,15H,3-4,11-12H2,1-2H3. The number of carbonyl (C=O) groups is 1. The van der Waals surface area contributed by atoms with E-state index in [1.807, 2.05) is 24.3 Å². The molecular formula is C16H19ClO4. The Labute approximate surface area is 130 Å². The summed E-state index contributed by atoms with van der Waals surface area (Å²) in [5.41, 5.74) is 0.849. The van der Waals surface area contributed by atoms with Crippen molar-refractivity contribution < 1.29 is 19.0 Å². The SMILES string of the molecule is CCOC(=O)C#CC(OCCCCl)c1ccc(OC)cc1. The molecule has 0 heterocycles. The van der Waals surface area contributed by atoms with Crippen LogP contribution in [0.1, 0.15) is 25.0 Å². The molecule has 114 valence electrons. The summed E-state index contributed by atoms with van der Waals surface area (Å²) >= 11 is 5.63. The summed E-state index contributed by atoms with van der Waals surface area (Å²) in [4.78, 5) is 11.3. The molecule has 0 aromatic heterocycles. The van der Waals surface area contributed by atoms with Gasteiger partial charge >= 0.3 is 5.97 Å². The van der Waals surface area contributed by atoms with Gasteiger partial charge in [-0.2, -0.15) is 0 Å². The summed E-state index contributed by atoms with van der Waals surface area (Å²) in [6.45, 7) is 2.50. The van der Waals surface area contributed by atoms with E-state index in [1.54, 1.807) is 14.0 Å². The molecule has 0 aliphatic carbocycles. The Morgan fingerprint density at radius 2 is 2.05 bits per heavy atom. The van der Waals surface area contributed by atoms with Crippen LogP contribution in [0.25, 0.3) is 0 Å². The van der Waals surface area contributed by atoms with Gasteiger partial charge in [0.15, 0.2) is 0 Å². The monoisotopic (exact) mass is 310 g/mol. The Morgan fingerprint density at radius 1 is 1.33 bits per heavy atom. The molecule has 0 amide bonds. The summed E-state index contributed by atoms with van der Waals surface area (Å²) in [6, 6.07) is 7.34. The number of methoxy groups -OCH3 is 1. The number of halogens is 1. The van der Waals surface area contributed by atoms with Crippen LogP contribution in [0.2, 0.25) is 0 Å². The van der Waals surface area contributed by atoms with Crippen molar-refractivity contribution in [1.82, 2.24) is 0 Å². The van der Waals surface area contributed by atoms with E-state index in [0.29, 0.717) is 19.1 Å². The maximum Gasteiger partial charge on any atom is 0.384 e. The maximum absolute atomic E-state index is 11.3. The second-order valence-electron chi connectivity index (χ2n) is 4.06. The van der Waals surface area contributed by atoms with Gasteiger partial charge in [0.05, 0.1) is 13.7 Å². The zero-order valence-electron chi connectivity index (χ0n) is 12.2. The molecule has 1 atom stereocenters. The third-order valence-electron chi connectivity index (χ3n) is 2.56. The third kappa shape index (κ3) is 6.52. The lowest BCUT2D eigenvalue weighted by Crippen LogP contribution is -2.06. The Hall–Kier alpha value is -1.70. The molecule has 1 aromatic carbocycles. The molecule has 0 saturated carbocycles. The molecule has 0 saturated heterocycles. The van der Waals surface area contributed by atoms with E-state index in [0.717, 1.165) is 17.7 Å². The van der Waals surface area contributed by atoms with Gasteiger partial charge in [0, 0.05) is 18.4 Å². The Morgan fingerprint density at radius 3 is 2.62 bits per heavy atom. The van der Waals surface area contributed by atoms with E-state index in [9.17, 15) is 4.79 Å². The van der Waals surface area contributed by atoms with E-state index in [2.05, 4.69) is 11.8 Å². The number of rotatable bonds is 7. The van der Waals surface area contributed by atoms with Crippen molar-refractivity contribution in [2.45, 2.75) is 19.4 Å². The van der Waals surface area contributed by atoms with Crippen LogP contribution < -0.4 is 4.74 Å². The minimum Gasteiger partial charge on any atom is -0.497 e. The van der Waals surface area contributed by atoms with Gasteiger partial charge in [0.1, 0.15) is 11.9 Å². The molecule has 1 aromatic rings. The molecule has 5 heteroatoms. The van der Waals surface area contributed by atoms with Crippen molar-refractivity contribution in [3.63, 3.8) is 0 Å². The number of ether oxygens (including phenoxy) is 3. The van der Waals surface area contributed by atoms with E-state index in [1.165, 1.54) is 0 Å². The average Bonchev–Trinajstić information content (AvgIpc) is 2.51. The van der Waals surface area contributed by atoms with Crippen molar-refractivity contribution in [1.29, 1.82) is 0 Å². The molecule has 4 nitrogen and oxygen atoms in total. The largest absolute Gasteiger partial charge is 0.497 e. The lowest BCUT2D eigenvalue weighted by Gasteiger charge is -2.12. The lowest BCUT2D eigenvalue weighted by molar-refractivity contribution is -0.136. The molecule has 0 N–H and O–H groups in total. The molecule has 1 unspecified atom stereocenters. The second kappa shape index (κ2) is 10.1. The van der Waals surface area contributed by atoms with E-state index in [4.69, 9.17) is 25.8 Å². The van der Waals surface area contributed by atoms with Crippen LogP contribution in [0.3, 0.4) is 0 Å². The van der Waals surface area contributed by atoms with Gasteiger partial charge in [0.2, 0.25) is 0 Å². The minimum absolute atomic E-state index is 0.299. The topological polar surface area (TPSA) is 44.8 Å². The summed E-state index contributed by atoms with van der Waals surface area (Å²) in [5.74, 6) is 5.93. The highest BCUT2D eigenvalue weighted by molar-refractivity contribution is 6.17. The zero-order valence-corrected chi connectivity index (χ0v) is 13.0. The number of hydrogen-bond acceptors (Lipinski definition) is 4. The van der Waals surface area contributed by atoms with Gasteiger partial charge < -0.3 is 14.2 Å². The van der Waals surface area contributed by atoms with Gasteiger partial charge in [-0.1, -0.05) is 18.1 Å². The maximum atomic E-state index is 11.3. The molecule has 21 heavy (non-hydrogen) atoms. The van der Waals surface area contributed by atoms with Crippen LogP contribution in [0.5, 0.6) is 5.75 Å². The van der Waals surface area contributed by atoms with Gasteiger partial charge in [-0.05, 0) is 31.0 Å². The van der Waals surface area contributed by atoms with E-state index in [-0.39, 0.29) is 0 Å². The van der Waals surface area contributed by atoms with Crippen LogP contribution in [-0.2, 0) is 14.3 Å². The first-order valence-electron chi connectivity index (χ1n) is 6.71. The van der Waals surface area contributed by atoms with Crippen LogP contribution in [-0.4, -0.2) is 32.2 Å². The third-order valence-corrected chi connectivity index (χ3v) is 2.83. The number of carbonyl (C=O) groups excluding carboxylic acids is 1. The van der Waals surface area contributed by atoms with Gasteiger partial charge in [0.25, 0.3) is 0 Å². The fourth-order valence-corrected chi connectivity index (χ4v) is 1.66. The van der Waals surface area contributed by atoms with E-state index < -0.39 is 12.1 Å². The molecule has 1 rings (SSSR count). The highest BCUT2D eigenvalue weighted by Gasteiger charge is 2.09. The highest BCUT2D eigenvalue weighted by Crippen LogP contribution is 2.20. The van der Waals surface area contributed by atoms with Crippen molar-refractivity contribution >= 4 is 17.6 Å². The Bertz CT molecular complexity index is 487. The van der Waals surface area contributed by atoms with Crippen molar-refractivity contribution in [3.05, 3.63) is 29.8 Å². The van der Waals surface area contributed by atoms with Gasteiger partial charge in [-0.3, -0.25) is 0 Å². The van der Waals surface area contributed by atoms with Crippen LogP contribution in [0, 0.1) is 11.8 Å². The quantitative estimate of drug-likeness (QED) is 0.255. The van der Waals surface area contributed by atoms with Crippen molar-refractivity contribution in [3.8, 4) is 17.6 Å². The predicted molar refractivity (Wildman–Crippen MR) is 81.4 cm³/mol. The smallest absolute Gasteiger partial charge is 0.384 e. The summed E-state index contributed by atoms with van der Waals surface area (Å²) in [6.07, 6.45) is 0.221. The summed E-state index contributed by atoms with van der Waals surface area (Å²) in [7, 11) is 1.60. The normalized spacial score (nSPS) is 11.2. The minimum atomic E-state index is -0.558. The second-order valence-corrected chi connectivity index (χ2v) is 4.43. The van der Waals surface area contributed by atoms with E-state index >= 15 is 0 Å². The molecule has 0 spiro atoms. The molecule has 0 aliphatic heterocycles. The van der Waals surface area contributed by atoms with Crippen LogP contribution >= 0.6 is 11.6 Å². The number of hydrogen-bond donors (Lipinski definition) is 0. The zero-order chi connectivity index (χ0) is 15.5. The van der Waals surface area contributed by atoms with Crippen molar-refractivity contribution in [2.24, 2.45) is 0 Å². The van der Waals surface area contributed by atoms with Crippen LogP contribution in [0.4, 0.5) is 0 Å². The van der Waals surface area contributed by atoms with Gasteiger partial charge in [-0.25, -0.2) is 4.79 Å². The molecular weight excluding hydrogens is 292 g/mol. The highest BCUT2D eigenvalue weighted by atomic mass is 35.5. The molecule has 0 fully saturated rings.